The maximum absolute atomic E-state index is 13.2. The lowest BCUT2D eigenvalue weighted by atomic mass is 9.74. The van der Waals surface area contributed by atoms with Crippen LogP contribution in [-0.4, -0.2) is 59.6 Å². The molecule has 9 nitrogen and oxygen atoms in total. The quantitative estimate of drug-likeness (QED) is 0.538. The highest BCUT2D eigenvalue weighted by molar-refractivity contribution is 6.33. The van der Waals surface area contributed by atoms with Gasteiger partial charge in [-0.3, -0.25) is 4.79 Å². The van der Waals surface area contributed by atoms with Gasteiger partial charge in [-0.2, -0.15) is 4.68 Å². The van der Waals surface area contributed by atoms with Gasteiger partial charge in [-0.15, -0.1) is 5.10 Å². The molecular formula is C23H26ClN5O4. The molecule has 0 unspecified atom stereocenters. The summed E-state index contributed by atoms with van der Waals surface area (Å²) in [6, 6.07) is 11.3. The van der Waals surface area contributed by atoms with Gasteiger partial charge in [0.15, 0.2) is 0 Å². The summed E-state index contributed by atoms with van der Waals surface area (Å²) in [5, 5.41) is 14.5. The largest absolute Gasteiger partial charge is 0.496 e. The SMILES string of the molecule is CCOc1ccc(C2(CNC(=O)c3cc(Cl)c(-n4cnnn4)cc3OC)CCOCC2)cc1. The van der Waals surface area contributed by atoms with Crippen LogP contribution in [0.3, 0.4) is 0 Å². The molecule has 10 heteroatoms. The molecule has 3 aromatic rings. The van der Waals surface area contributed by atoms with Gasteiger partial charge in [0.25, 0.3) is 5.91 Å². The van der Waals surface area contributed by atoms with Crippen molar-refractivity contribution in [2.45, 2.75) is 25.2 Å². The number of benzene rings is 2. The van der Waals surface area contributed by atoms with E-state index in [0.29, 0.717) is 48.4 Å². The van der Waals surface area contributed by atoms with Crippen LogP contribution in [0.4, 0.5) is 0 Å². The van der Waals surface area contributed by atoms with Gasteiger partial charge in [-0.05, 0) is 54.0 Å². The minimum Gasteiger partial charge on any atom is -0.496 e. The van der Waals surface area contributed by atoms with Gasteiger partial charge in [0, 0.05) is 31.2 Å². The fourth-order valence-electron chi connectivity index (χ4n) is 4.08. The summed E-state index contributed by atoms with van der Waals surface area (Å²) in [6.07, 6.45) is 3.03. The number of rotatable bonds is 8. The van der Waals surface area contributed by atoms with E-state index in [-0.39, 0.29) is 11.3 Å². The number of nitrogens with one attached hydrogen (secondary N) is 1. The minimum absolute atomic E-state index is 0.234. The van der Waals surface area contributed by atoms with Crippen molar-refractivity contribution >= 4 is 17.5 Å². The smallest absolute Gasteiger partial charge is 0.255 e. The van der Waals surface area contributed by atoms with E-state index in [1.165, 1.54) is 18.1 Å². The monoisotopic (exact) mass is 471 g/mol. The fourth-order valence-corrected chi connectivity index (χ4v) is 4.33. The minimum atomic E-state index is -0.270. The van der Waals surface area contributed by atoms with E-state index in [0.717, 1.165) is 24.2 Å². The van der Waals surface area contributed by atoms with Crippen LogP contribution in [0.5, 0.6) is 11.5 Å². The van der Waals surface area contributed by atoms with E-state index < -0.39 is 0 Å². The Hall–Kier alpha value is -3.17. The number of hydrogen-bond donors (Lipinski definition) is 1. The van der Waals surface area contributed by atoms with Gasteiger partial charge in [0.05, 0.1) is 30.0 Å². The van der Waals surface area contributed by atoms with Crippen molar-refractivity contribution in [2.75, 3.05) is 33.5 Å². The molecule has 1 fully saturated rings. The van der Waals surface area contributed by atoms with Crippen molar-refractivity contribution in [2.24, 2.45) is 0 Å². The lowest BCUT2D eigenvalue weighted by Gasteiger charge is -2.38. The number of carbonyl (C=O) groups excluding carboxylic acids is 1. The topological polar surface area (TPSA) is 100 Å². The number of hydrogen-bond acceptors (Lipinski definition) is 7. The van der Waals surface area contributed by atoms with Crippen LogP contribution in [0.1, 0.15) is 35.7 Å². The summed E-state index contributed by atoms with van der Waals surface area (Å²) in [7, 11) is 1.50. The molecule has 0 radical (unpaired) electrons. The molecule has 1 N–H and O–H groups in total. The summed E-state index contributed by atoms with van der Waals surface area (Å²) >= 11 is 6.43. The summed E-state index contributed by atoms with van der Waals surface area (Å²) in [5.41, 5.74) is 1.77. The number of methoxy groups -OCH3 is 1. The summed E-state index contributed by atoms with van der Waals surface area (Å²) in [5.74, 6) is 0.938. The van der Waals surface area contributed by atoms with Crippen molar-refractivity contribution in [3.8, 4) is 17.2 Å². The fraction of sp³-hybridized carbons (Fsp3) is 0.391. The molecule has 2 heterocycles. The molecule has 1 aromatic heterocycles. The summed E-state index contributed by atoms with van der Waals surface area (Å²) < 4.78 is 18.1. The molecular weight excluding hydrogens is 446 g/mol. The Balaban J connectivity index is 1.56. The standard InChI is InChI=1S/C23H26ClN5O4/c1-3-33-17-6-4-16(5-7-17)23(8-10-32-11-9-23)14-25-22(30)18-12-19(24)20(13-21(18)31-2)29-15-26-27-28-29/h4-7,12-13,15H,3,8-11,14H2,1-2H3,(H,25,30). The molecule has 2 aromatic carbocycles. The van der Waals surface area contributed by atoms with Crippen molar-refractivity contribution in [1.29, 1.82) is 0 Å². The first-order chi connectivity index (χ1) is 16.1. The predicted molar refractivity (Wildman–Crippen MR) is 122 cm³/mol. The van der Waals surface area contributed by atoms with Gasteiger partial charge >= 0.3 is 0 Å². The molecule has 1 aliphatic rings. The number of carbonyl (C=O) groups is 1. The Morgan fingerprint density at radius 3 is 2.64 bits per heavy atom. The highest BCUT2D eigenvalue weighted by atomic mass is 35.5. The van der Waals surface area contributed by atoms with Crippen LogP contribution in [0.25, 0.3) is 5.69 Å². The first kappa shape index (κ1) is 23.0. The van der Waals surface area contributed by atoms with Gasteiger partial charge in [0.2, 0.25) is 0 Å². The van der Waals surface area contributed by atoms with Gasteiger partial charge in [0.1, 0.15) is 17.8 Å². The van der Waals surface area contributed by atoms with E-state index in [2.05, 4.69) is 33.0 Å². The molecule has 0 aliphatic carbocycles. The molecule has 0 bridgehead atoms. The van der Waals surface area contributed by atoms with Crippen LogP contribution < -0.4 is 14.8 Å². The Kier molecular flexibility index (Phi) is 7.10. The lowest BCUT2D eigenvalue weighted by molar-refractivity contribution is 0.0486. The molecule has 33 heavy (non-hydrogen) atoms. The highest BCUT2D eigenvalue weighted by Gasteiger charge is 2.35. The van der Waals surface area contributed by atoms with Crippen molar-refractivity contribution in [3.05, 3.63) is 58.9 Å². The average Bonchev–Trinajstić information content (AvgIpc) is 3.38. The number of tetrazole rings is 1. The van der Waals surface area contributed by atoms with E-state index in [9.17, 15) is 4.79 Å². The van der Waals surface area contributed by atoms with Crippen LogP contribution in [0, 0.1) is 0 Å². The van der Waals surface area contributed by atoms with Gasteiger partial charge in [-0.25, -0.2) is 0 Å². The maximum atomic E-state index is 13.2. The van der Waals surface area contributed by atoms with E-state index >= 15 is 0 Å². The van der Waals surface area contributed by atoms with Crippen molar-refractivity contribution < 1.29 is 19.0 Å². The number of halogens is 1. The number of nitrogens with zero attached hydrogens (tertiary/aromatic N) is 4. The zero-order valence-electron chi connectivity index (χ0n) is 18.6. The third kappa shape index (κ3) is 4.94. The molecule has 0 saturated carbocycles. The first-order valence-electron chi connectivity index (χ1n) is 10.8. The average molecular weight is 472 g/mol. The third-order valence-electron chi connectivity index (χ3n) is 5.92. The van der Waals surface area contributed by atoms with Crippen LogP contribution in [0.15, 0.2) is 42.7 Å². The molecule has 0 spiro atoms. The highest BCUT2D eigenvalue weighted by Crippen LogP contribution is 2.36. The second-order valence-electron chi connectivity index (χ2n) is 7.79. The second-order valence-corrected chi connectivity index (χ2v) is 8.20. The predicted octanol–water partition coefficient (Wildman–Crippen LogP) is 3.20. The normalized spacial score (nSPS) is 15.1. The Labute approximate surface area is 197 Å². The number of amides is 1. The van der Waals surface area contributed by atoms with E-state index in [4.69, 9.17) is 25.8 Å². The van der Waals surface area contributed by atoms with Crippen molar-refractivity contribution in [3.63, 3.8) is 0 Å². The number of ether oxygens (including phenoxy) is 3. The third-order valence-corrected chi connectivity index (χ3v) is 6.23. The first-order valence-corrected chi connectivity index (χ1v) is 11.1. The Morgan fingerprint density at radius 2 is 2.00 bits per heavy atom. The molecule has 1 saturated heterocycles. The zero-order valence-corrected chi connectivity index (χ0v) is 19.3. The molecule has 174 valence electrons. The van der Waals surface area contributed by atoms with Crippen molar-refractivity contribution in [1.82, 2.24) is 25.5 Å². The van der Waals surface area contributed by atoms with E-state index in [1.54, 1.807) is 12.1 Å². The zero-order chi connectivity index (χ0) is 23.3. The maximum Gasteiger partial charge on any atom is 0.255 e. The molecule has 1 amide bonds. The molecule has 1 aliphatic heterocycles. The van der Waals surface area contributed by atoms with Gasteiger partial charge < -0.3 is 19.5 Å². The molecule has 0 atom stereocenters. The lowest BCUT2D eigenvalue weighted by Crippen LogP contribution is -2.44. The van der Waals surface area contributed by atoms with Crippen LogP contribution >= 0.6 is 11.6 Å². The Bertz CT molecular complexity index is 1080. The van der Waals surface area contributed by atoms with Crippen LogP contribution in [0.2, 0.25) is 5.02 Å². The van der Waals surface area contributed by atoms with Crippen LogP contribution in [-0.2, 0) is 10.2 Å². The van der Waals surface area contributed by atoms with E-state index in [1.807, 2.05) is 19.1 Å². The number of aromatic nitrogens is 4. The molecule has 4 rings (SSSR count). The second kappa shape index (κ2) is 10.2. The summed E-state index contributed by atoms with van der Waals surface area (Å²) in [4.78, 5) is 13.2. The van der Waals surface area contributed by atoms with Gasteiger partial charge in [-0.1, -0.05) is 23.7 Å². The summed E-state index contributed by atoms with van der Waals surface area (Å²) in [6.45, 7) is 4.31. The Morgan fingerprint density at radius 1 is 1.24 bits per heavy atom.